The average Bonchev–Trinajstić information content (AvgIpc) is 2.37. The van der Waals surface area contributed by atoms with Gasteiger partial charge < -0.3 is 14.3 Å². The van der Waals surface area contributed by atoms with Crippen LogP contribution in [0.4, 0.5) is 0 Å². The third-order valence-corrected chi connectivity index (χ3v) is 1.76. The highest BCUT2D eigenvalue weighted by Crippen LogP contribution is 1.90. The summed E-state index contributed by atoms with van der Waals surface area (Å²) in [5.41, 5.74) is 0. The molecule has 11 heavy (non-hydrogen) atoms. The third kappa shape index (κ3) is 2.48. The summed E-state index contributed by atoms with van der Waals surface area (Å²) >= 11 is 4.99. The van der Waals surface area contributed by atoms with E-state index >= 15 is 0 Å². The minimum atomic E-state index is 0.725. The predicted molar refractivity (Wildman–Crippen MR) is 46.1 cm³/mol. The maximum atomic E-state index is 5.18. The molecule has 0 aliphatic carbocycles. The van der Waals surface area contributed by atoms with E-state index in [4.69, 9.17) is 17.0 Å². The van der Waals surface area contributed by atoms with Crippen LogP contribution in [-0.2, 0) is 11.3 Å². The Hall–Kier alpha value is -0.610. The molecule has 1 aromatic rings. The zero-order chi connectivity index (χ0) is 8.10. The van der Waals surface area contributed by atoms with Crippen LogP contribution in [0.1, 0.15) is 6.92 Å². The molecule has 0 aliphatic rings. The van der Waals surface area contributed by atoms with E-state index in [9.17, 15) is 0 Å². The summed E-state index contributed by atoms with van der Waals surface area (Å²) in [6.45, 7) is 4.30. The smallest absolute Gasteiger partial charge is 0.177 e. The molecule has 0 bridgehead atoms. The molecule has 0 fully saturated rings. The second kappa shape index (κ2) is 4.31. The number of H-pyrrole nitrogens is 1. The number of ether oxygens (including phenoxy) is 1. The molecule has 0 unspecified atom stereocenters. The highest BCUT2D eigenvalue weighted by atomic mass is 32.1. The van der Waals surface area contributed by atoms with Crippen LogP contribution in [0.5, 0.6) is 0 Å². The molecular formula is C7H12N2OS. The van der Waals surface area contributed by atoms with Crippen molar-refractivity contribution in [2.45, 2.75) is 13.5 Å². The summed E-state index contributed by atoms with van der Waals surface area (Å²) < 4.78 is 7.88. The van der Waals surface area contributed by atoms with E-state index in [1.165, 1.54) is 0 Å². The van der Waals surface area contributed by atoms with Crippen molar-refractivity contribution in [3.8, 4) is 0 Å². The van der Waals surface area contributed by atoms with Gasteiger partial charge in [-0.3, -0.25) is 0 Å². The standard InChI is InChI=1S/C7H12N2OS/c1-2-10-6-5-9-4-3-8-7(9)11/h3-4H,2,5-6H2,1H3,(H,8,11). The van der Waals surface area contributed by atoms with E-state index in [-0.39, 0.29) is 0 Å². The molecule has 1 N–H and O–H groups in total. The number of rotatable bonds is 4. The van der Waals surface area contributed by atoms with Crippen LogP contribution < -0.4 is 0 Å². The molecule has 62 valence electrons. The molecule has 1 rings (SSSR count). The van der Waals surface area contributed by atoms with E-state index in [1.54, 1.807) is 0 Å². The van der Waals surface area contributed by atoms with E-state index < -0.39 is 0 Å². The Balaban J connectivity index is 2.39. The van der Waals surface area contributed by atoms with Gasteiger partial charge in [0, 0.05) is 25.5 Å². The summed E-state index contributed by atoms with van der Waals surface area (Å²) in [5.74, 6) is 0. The number of imidazole rings is 1. The molecule has 0 aliphatic heterocycles. The van der Waals surface area contributed by atoms with Crippen molar-refractivity contribution in [1.29, 1.82) is 0 Å². The Bertz CT molecular complexity index is 253. The van der Waals surface area contributed by atoms with Crippen LogP contribution in [0, 0.1) is 4.77 Å². The van der Waals surface area contributed by atoms with Crippen LogP contribution in [-0.4, -0.2) is 22.8 Å². The SMILES string of the molecule is CCOCCn1cc[nH]c1=S. The van der Waals surface area contributed by atoms with Gasteiger partial charge in [-0.15, -0.1) is 0 Å². The first-order valence-corrected chi connectivity index (χ1v) is 4.07. The van der Waals surface area contributed by atoms with Crippen molar-refractivity contribution < 1.29 is 4.74 Å². The van der Waals surface area contributed by atoms with Gasteiger partial charge in [0.2, 0.25) is 0 Å². The lowest BCUT2D eigenvalue weighted by Crippen LogP contribution is -2.04. The number of aromatic amines is 1. The fraction of sp³-hybridized carbons (Fsp3) is 0.571. The van der Waals surface area contributed by atoms with Gasteiger partial charge >= 0.3 is 0 Å². The molecule has 0 atom stereocenters. The van der Waals surface area contributed by atoms with Crippen molar-refractivity contribution in [3.05, 3.63) is 17.2 Å². The number of hydrogen-bond acceptors (Lipinski definition) is 2. The lowest BCUT2D eigenvalue weighted by molar-refractivity contribution is 0.138. The maximum Gasteiger partial charge on any atom is 0.177 e. The normalized spacial score (nSPS) is 10.3. The maximum absolute atomic E-state index is 5.18. The van der Waals surface area contributed by atoms with Crippen LogP contribution in [0.2, 0.25) is 0 Å². The molecule has 1 aromatic heterocycles. The average molecular weight is 172 g/mol. The first kappa shape index (κ1) is 8.49. The summed E-state index contributed by atoms with van der Waals surface area (Å²) in [4.78, 5) is 2.92. The summed E-state index contributed by atoms with van der Waals surface area (Å²) in [5, 5.41) is 0. The summed E-state index contributed by atoms with van der Waals surface area (Å²) in [6, 6.07) is 0. The lowest BCUT2D eigenvalue weighted by Gasteiger charge is -2.01. The van der Waals surface area contributed by atoms with Gasteiger partial charge in [0.25, 0.3) is 0 Å². The molecule has 0 aromatic carbocycles. The Morgan fingerprint density at radius 3 is 3.09 bits per heavy atom. The highest BCUT2D eigenvalue weighted by molar-refractivity contribution is 7.71. The van der Waals surface area contributed by atoms with E-state index in [0.717, 1.165) is 24.5 Å². The Morgan fingerprint density at radius 2 is 2.55 bits per heavy atom. The minimum Gasteiger partial charge on any atom is -0.380 e. The zero-order valence-corrected chi connectivity index (χ0v) is 7.36. The van der Waals surface area contributed by atoms with Gasteiger partial charge in [0.1, 0.15) is 0 Å². The second-order valence-corrected chi connectivity index (χ2v) is 2.54. The van der Waals surface area contributed by atoms with Crippen molar-refractivity contribution in [2.75, 3.05) is 13.2 Å². The van der Waals surface area contributed by atoms with Gasteiger partial charge in [0.15, 0.2) is 4.77 Å². The Labute approximate surface area is 71.0 Å². The van der Waals surface area contributed by atoms with Crippen LogP contribution in [0.25, 0.3) is 0 Å². The molecule has 4 heteroatoms. The Kier molecular flexibility index (Phi) is 3.32. The number of nitrogens with one attached hydrogen (secondary N) is 1. The van der Waals surface area contributed by atoms with Gasteiger partial charge in [-0.1, -0.05) is 0 Å². The first-order valence-electron chi connectivity index (χ1n) is 3.66. The summed E-state index contributed by atoms with van der Waals surface area (Å²) in [7, 11) is 0. The Morgan fingerprint density at radius 1 is 1.73 bits per heavy atom. The van der Waals surface area contributed by atoms with Gasteiger partial charge in [-0.25, -0.2) is 0 Å². The molecule has 0 radical (unpaired) electrons. The van der Waals surface area contributed by atoms with Crippen LogP contribution in [0.3, 0.4) is 0 Å². The number of aromatic nitrogens is 2. The first-order chi connectivity index (χ1) is 5.34. The van der Waals surface area contributed by atoms with Crippen molar-refractivity contribution in [3.63, 3.8) is 0 Å². The lowest BCUT2D eigenvalue weighted by atomic mass is 10.6. The molecular weight excluding hydrogens is 160 g/mol. The molecule has 1 heterocycles. The fourth-order valence-electron chi connectivity index (χ4n) is 0.832. The molecule has 0 saturated carbocycles. The largest absolute Gasteiger partial charge is 0.380 e. The van der Waals surface area contributed by atoms with Gasteiger partial charge in [-0.2, -0.15) is 0 Å². The zero-order valence-electron chi connectivity index (χ0n) is 6.54. The minimum absolute atomic E-state index is 0.725. The van der Waals surface area contributed by atoms with E-state index in [2.05, 4.69) is 4.98 Å². The van der Waals surface area contributed by atoms with Crippen LogP contribution in [0.15, 0.2) is 12.4 Å². The van der Waals surface area contributed by atoms with Gasteiger partial charge in [-0.05, 0) is 19.1 Å². The van der Waals surface area contributed by atoms with Gasteiger partial charge in [0.05, 0.1) is 6.61 Å². The summed E-state index contributed by atoms with van der Waals surface area (Å²) in [6.07, 6.45) is 3.75. The quantitative estimate of drug-likeness (QED) is 0.552. The third-order valence-electron chi connectivity index (χ3n) is 1.40. The molecule has 0 spiro atoms. The van der Waals surface area contributed by atoms with Crippen molar-refractivity contribution >= 4 is 12.2 Å². The highest BCUT2D eigenvalue weighted by Gasteiger charge is 1.90. The monoisotopic (exact) mass is 172 g/mol. The molecule has 0 saturated heterocycles. The van der Waals surface area contributed by atoms with E-state index in [1.807, 2.05) is 23.9 Å². The van der Waals surface area contributed by atoms with Crippen molar-refractivity contribution in [2.24, 2.45) is 0 Å². The van der Waals surface area contributed by atoms with Crippen molar-refractivity contribution in [1.82, 2.24) is 9.55 Å². The second-order valence-electron chi connectivity index (χ2n) is 2.16. The predicted octanol–water partition coefficient (Wildman–Crippen LogP) is 1.58. The topological polar surface area (TPSA) is 29.9 Å². The molecule has 0 amide bonds. The van der Waals surface area contributed by atoms with E-state index in [0.29, 0.717) is 0 Å². The number of hydrogen-bond donors (Lipinski definition) is 1. The van der Waals surface area contributed by atoms with Crippen LogP contribution >= 0.6 is 12.2 Å². The molecule has 3 nitrogen and oxygen atoms in total. The number of nitrogens with zero attached hydrogens (tertiary/aromatic N) is 1. The fourth-order valence-corrected chi connectivity index (χ4v) is 1.05.